The fourth-order valence-electron chi connectivity index (χ4n) is 2.82. The third-order valence-electron chi connectivity index (χ3n) is 3.87. The van der Waals surface area contributed by atoms with Crippen LogP contribution in [0.15, 0.2) is 30.5 Å². The molecule has 1 aliphatic rings. The molecule has 0 saturated heterocycles. The van der Waals surface area contributed by atoms with Crippen molar-refractivity contribution in [3.8, 4) is 0 Å². The quantitative estimate of drug-likeness (QED) is 0.681. The van der Waals surface area contributed by atoms with Gasteiger partial charge in [-0.15, -0.1) is 0 Å². The number of hydrogen-bond acceptors (Lipinski definition) is 6. The minimum absolute atomic E-state index is 0.0934. The Morgan fingerprint density at radius 3 is 2.78 bits per heavy atom. The maximum absolute atomic E-state index is 11.7. The van der Waals surface area contributed by atoms with E-state index < -0.39 is 9.84 Å². The van der Waals surface area contributed by atoms with Gasteiger partial charge in [0.2, 0.25) is 5.95 Å². The fraction of sp³-hybridized carbons (Fsp3) is 0.200. The molecule has 0 spiro atoms. The summed E-state index contributed by atoms with van der Waals surface area (Å²) in [4.78, 5) is 11.9. The van der Waals surface area contributed by atoms with Crippen molar-refractivity contribution in [3.63, 3.8) is 0 Å². The fourth-order valence-corrected chi connectivity index (χ4v) is 4.42. The first-order valence-electron chi connectivity index (χ1n) is 7.16. The highest BCUT2D eigenvalue weighted by Crippen LogP contribution is 2.29. The average Bonchev–Trinajstić information content (AvgIpc) is 3.08. The zero-order valence-corrected chi connectivity index (χ0v) is 13.2. The van der Waals surface area contributed by atoms with Crippen molar-refractivity contribution < 1.29 is 8.42 Å². The Balaban J connectivity index is 1.69. The summed E-state index contributed by atoms with van der Waals surface area (Å²) < 4.78 is 23.4. The topological polar surface area (TPSA) is 99.8 Å². The van der Waals surface area contributed by atoms with E-state index in [1.807, 2.05) is 30.5 Å². The average molecular weight is 329 g/mol. The number of anilines is 3. The Labute approximate surface area is 133 Å². The summed E-state index contributed by atoms with van der Waals surface area (Å²) in [7, 11) is -1.20. The van der Waals surface area contributed by atoms with Crippen molar-refractivity contribution >= 4 is 38.3 Å². The number of rotatable bonds is 3. The van der Waals surface area contributed by atoms with Crippen LogP contribution in [0, 0.1) is 0 Å². The second-order valence-electron chi connectivity index (χ2n) is 5.53. The van der Waals surface area contributed by atoms with Gasteiger partial charge in [0.25, 0.3) is 0 Å². The zero-order valence-electron chi connectivity index (χ0n) is 12.4. The van der Waals surface area contributed by atoms with Gasteiger partial charge in [-0.1, -0.05) is 6.07 Å². The molecule has 0 saturated carbocycles. The summed E-state index contributed by atoms with van der Waals surface area (Å²) in [6.07, 6.45) is 1.81. The molecule has 0 amide bonds. The van der Waals surface area contributed by atoms with Crippen LogP contribution in [-0.4, -0.2) is 30.4 Å². The first-order valence-corrected chi connectivity index (χ1v) is 8.98. The molecule has 0 bridgehead atoms. The Kier molecular flexibility index (Phi) is 3.02. The maximum Gasteiger partial charge on any atom is 0.231 e. The van der Waals surface area contributed by atoms with Crippen LogP contribution in [0.25, 0.3) is 11.0 Å². The van der Waals surface area contributed by atoms with Gasteiger partial charge < -0.3 is 15.6 Å². The van der Waals surface area contributed by atoms with E-state index in [1.165, 1.54) is 0 Å². The zero-order chi connectivity index (χ0) is 16.0. The lowest BCUT2D eigenvalue weighted by Crippen LogP contribution is -2.02. The molecule has 4 rings (SSSR count). The van der Waals surface area contributed by atoms with Gasteiger partial charge in [0.05, 0.1) is 16.9 Å². The van der Waals surface area contributed by atoms with Gasteiger partial charge in [0, 0.05) is 18.9 Å². The van der Waals surface area contributed by atoms with Gasteiger partial charge in [-0.25, -0.2) is 8.42 Å². The minimum Gasteiger partial charge on any atom is -0.372 e. The molecule has 7 nitrogen and oxygen atoms in total. The van der Waals surface area contributed by atoms with Crippen LogP contribution in [0.2, 0.25) is 0 Å². The van der Waals surface area contributed by atoms with E-state index in [1.54, 1.807) is 7.05 Å². The monoisotopic (exact) mass is 329 g/mol. The molecule has 2 aromatic heterocycles. The van der Waals surface area contributed by atoms with Crippen molar-refractivity contribution in [3.05, 3.63) is 41.6 Å². The van der Waals surface area contributed by atoms with E-state index >= 15 is 0 Å². The molecule has 0 radical (unpaired) electrons. The number of benzene rings is 1. The van der Waals surface area contributed by atoms with E-state index in [4.69, 9.17) is 0 Å². The van der Waals surface area contributed by atoms with Gasteiger partial charge >= 0.3 is 0 Å². The van der Waals surface area contributed by atoms with Gasteiger partial charge in [-0.05, 0) is 29.3 Å². The van der Waals surface area contributed by atoms with E-state index in [9.17, 15) is 8.42 Å². The summed E-state index contributed by atoms with van der Waals surface area (Å²) in [5.74, 6) is 1.39. The number of nitrogens with one attached hydrogen (secondary N) is 3. The lowest BCUT2D eigenvalue weighted by Gasteiger charge is -2.09. The second-order valence-corrected chi connectivity index (χ2v) is 7.59. The highest BCUT2D eigenvalue weighted by molar-refractivity contribution is 7.90. The SMILES string of the molecule is CNc1nc(Nc2ccc3c(c2)CS(=O)(=O)C3)nc2[nH]ccc12. The van der Waals surface area contributed by atoms with Crippen molar-refractivity contribution in [1.29, 1.82) is 0 Å². The van der Waals surface area contributed by atoms with E-state index in [2.05, 4.69) is 25.6 Å². The number of fused-ring (bicyclic) bond motifs is 2. The lowest BCUT2D eigenvalue weighted by atomic mass is 10.1. The molecule has 118 valence electrons. The molecule has 3 N–H and O–H groups in total. The van der Waals surface area contributed by atoms with Crippen molar-refractivity contribution in [2.45, 2.75) is 11.5 Å². The molecular weight excluding hydrogens is 314 g/mol. The molecule has 1 aromatic carbocycles. The van der Waals surface area contributed by atoms with Crippen LogP contribution in [0.4, 0.5) is 17.5 Å². The maximum atomic E-state index is 11.7. The van der Waals surface area contributed by atoms with Gasteiger partial charge in [-0.2, -0.15) is 9.97 Å². The first kappa shape index (κ1) is 14.0. The van der Waals surface area contributed by atoms with Gasteiger partial charge in [-0.3, -0.25) is 0 Å². The van der Waals surface area contributed by atoms with Crippen LogP contribution in [0.1, 0.15) is 11.1 Å². The summed E-state index contributed by atoms with van der Waals surface area (Å²) in [5, 5.41) is 7.10. The molecule has 8 heteroatoms. The molecule has 0 unspecified atom stereocenters. The number of aromatic nitrogens is 3. The predicted octanol–water partition coefficient (Wildman–Crippen LogP) is 2.17. The smallest absolute Gasteiger partial charge is 0.231 e. The Morgan fingerprint density at radius 2 is 1.96 bits per heavy atom. The van der Waals surface area contributed by atoms with Gasteiger partial charge in [0.15, 0.2) is 9.84 Å². The summed E-state index contributed by atoms with van der Waals surface area (Å²) in [6.45, 7) is 0. The normalized spacial score (nSPS) is 15.5. The van der Waals surface area contributed by atoms with Crippen LogP contribution in [0.5, 0.6) is 0 Å². The molecule has 23 heavy (non-hydrogen) atoms. The number of hydrogen-bond donors (Lipinski definition) is 3. The van der Waals surface area contributed by atoms with Crippen LogP contribution in [-0.2, 0) is 21.3 Å². The summed E-state index contributed by atoms with van der Waals surface area (Å²) >= 11 is 0. The third-order valence-corrected chi connectivity index (χ3v) is 5.37. The Bertz CT molecular complexity index is 1010. The van der Waals surface area contributed by atoms with Crippen molar-refractivity contribution in [2.24, 2.45) is 0 Å². The molecule has 0 aliphatic carbocycles. The standard InChI is InChI=1S/C15H15N5O2S/c1-16-13-12-4-5-17-14(12)20-15(19-13)18-11-3-2-9-7-23(21,22)8-10(9)6-11/h2-6H,7-8H2,1H3,(H3,16,17,18,19,20). The number of aromatic amines is 1. The molecule has 0 fully saturated rings. The molecule has 3 aromatic rings. The third kappa shape index (κ3) is 2.50. The van der Waals surface area contributed by atoms with Crippen LogP contribution in [0.3, 0.4) is 0 Å². The Morgan fingerprint density at radius 1 is 1.13 bits per heavy atom. The highest BCUT2D eigenvalue weighted by Gasteiger charge is 2.24. The second kappa shape index (κ2) is 4.95. The Hall–Kier alpha value is -2.61. The number of H-pyrrole nitrogens is 1. The summed E-state index contributed by atoms with van der Waals surface area (Å²) in [6, 6.07) is 7.45. The largest absolute Gasteiger partial charge is 0.372 e. The molecule has 1 aliphatic heterocycles. The van der Waals surface area contributed by atoms with Crippen molar-refractivity contribution in [1.82, 2.24) is 15.0 Å². The minimum atomic E-state index is -3.00. The first-order chi connectivity index (χ1) is 11.0. The predicted molar refractivity (Wildman–Crippen MR) is 89.5 cm³/mol. The summed E-state index contributed by atoms with van der Waals surface area (Å²) in [5.41, 5.74) is 3.21. The lowest BCUT2D eigenvalue weighted by molar-refractivity contribution is 0.598. The van der Waals surface area contributed by atoms with E-state index in [0.717, 1.165) is 33.7 Å². The van der Waals surface area contributed by atoms with Crippen LogP contribution < -0.4 is 10.6 Å². The highest BCUT2D eigenvalue weighted by atomic mass is 32.2. The van der Waals surface area contributed by atoms with E-state index in [-0.39, 0.29) is 11.5 Å². The number of nitrogens with zero attached hydrogens (tertiary/aromatic N) is 2. The number of sulfone groups is 1. The van der Waals surface area contributed by atoms with Crippen LogP contribution >= 0.6 is 0 Å². The molecule has 3 heterocycles. The van der Waals surface area contributed by atoms with E-state index in [0.29, 0.717) is 5.95 Å². The molecular formula is C15H15N5O2S. The molecule has 0 atom stereocenters. The van der Waals surface area contributed by atoms with Crippen molar-refractivity contribution in [2.75, 3.05) is 17.7 Å². The van der Waals surface area contributed by atoms with Gasteiger partial charge in [0.1, 0.15) is 11.5 Å².